The average Bonchev–Trinajstić information content (AvgIpc) is 3.25. The molecule has 4 rings (SSSR count). The molecular weight excluding hydrogens is 352 g/mol. The van der Waals surface area contributed by atoms with E-state index in [1.165, 1.54) is 25.9 Å². The van der Waals surface area contributed by atoms with Gasteiger partial charge in [0.05, 0.1) is 17.5 Å². The molecule has 0 radical (unpaired) electrons. The number of hydrogen-bond donors (Lipinski definition) is 1. The van der Waals surface area contributed by atoms with Gasteiger partial charge in [-0.3, -0.25) is 0 Å². The molecule has 3 aliphatic heterocycles. The number of hydrogen-bond acceptors (Lipinski definition) is 8. The monoisotopic (exact) mass is 380 g/mol. The second-order valence-corrected chi connectivity index (χ2v) is 9.74. The molecule has 0 aliphatic carbocycles. The molecule has 0 spiro atoms. The number of aromatic nitrogens is 2. The summed E-state index contributed by atoms with van der Waals surface area (Å²) in [6, 6.07) is 1.86. The molecule has 4 heterocycles. The fourth-order valence-corrected chi connectivity index (χ4v) is 6.19. The summed E-state index contributed by atoms with van der Waals surface area (Å²) < 4.78 is 24.1. The SMILES string of the molecule is CN(CCN1CCCC1)c1nccc(N2CCN[C@@H]3CS(=O)(=O)C[C@@H]32)n1. The van der Waals surface area contributed by atoms with Crippen molar-refractivity contribution in [3.05, 3.63) is 12.3 Å². The van der Waals surface area contributed by atoms with E-state index in [1.54, 1.807) is 6.20 Å². The smallest absolute Gasteiger partial charge is 0.227 e. The molecule has 3 saturated heterocycles. The van der Waals surface area contributed by atoms with E-state index < -0.39 is 9.84 Å². The Morgan fingerprint density at radius 3 is 2.88 bits per heavy atom. The van der Waals surface area contributed by atoms with E-state index in [-0.39, 0.29) is 23.6 Å². The molecule has 1 N–H and O–H groups in total. The van der Waals surface area contributed by atoms with Gasteiger partial charge >= 0.3 is 0 Å². The minimum atomic E-state index is -2.98. The van der Waals surface area contributed by atoms with E-state index >= 15 is 0 Å². The highest BCUT2D eigenvalue weighted by Gasteiger charge is 2.43. The Hall–Kier alpha value is -1.45. The number of anilines is 2. The Kier molecular flexibility index (Phi) is 5.02. The molecule has 0 aromatic carbocycles. The summed E-state index contributed by atoms with van der Waals surface area (Å²) in [5.41, 5.74) is 0. The Labute approximate surface area is 155 Å². The molecular formula is C17H28N6O2S. The van der Waals surface area contributed by atoms with Crippen LogP contribution in [-0.4, -0.2) is 93.2 Å². The predicted octanol–water partition coefficient (Wildman–Crippen LogP) is -0.416. The number of fused-ring (bicyclic) bond motifs is 1. The Balaban J connectivity index is 1.46. The van der Waals surface area contributed by atoms with Crippen LogP contribution in [0.2, 0.25) is 0 Å². The highest BCUT2D eigenvalue weighted by molar-refractivity contribution is 7.91. The van der Waals surface area contributed by atoms with Crippen molar-refractivity contribution >= 4 is 21.6 Å². The van der Waals surface area contributed by atoms with Gasteiger partial charge in [-0.2, -0.15) is 4.98 Å². The van der Waals surface area contributed by atoms with Crippen molar-refractivity contribution in [2.24, 2.45) is 0 Å². The Bertz CT molecular complexity index is 737. The summed E-state index contributed by atoms with van der Waals surface area (Å²) in [6.45, 7) is 5.84. The number of piperazine rings is 1. The summed E-state index contributed by atoms with van der Waals surface area (Å²) in [6.07, 6.45) is 4.37. The van der Waals surface area contributed by atoms with E-state index in [2.05, 4.69) is 25.0 Å². The molecule has 9 heteroatoms. The Morgan fingerprint density at radius 1 is 1.27 bits per heavy atom. The largest absolute Gasteiger partial charge is 0.350 e. The molecule has 3 fully saturated rings. The standard InChI is InChI=1S/C17H28N6O2S/c1-21(10-11-22-7-2-3-8-22)17-19-5-4-16(20-17)23-9-6-18-14-12-26(24,25)13-15(14)23/h4-5,14-15,18H,2-3,6-13H2,1H3/t14-,15+/m1/s1. The predicted molar refractivity (Wildman–Crippen MR) is 103 cm³/mol. The lowest BCUT2D eigenvalue weighted by molar-refractivity contribution is 0.346. The van der Waals surface area contributed by atoms with Gasteiger partial charge in [-0.05, 0) is 32.0 Å². The highest BCUT2D eigenvalue weighted by Crippen LogP contribution is 2.26. The number of rotatable bonds is 5. The molecule has 26 heavy (non-hydrogen) atoms. The second kappa shape index (κ2) is 7.28. The maximum Gasteiger partial charge on any atom is 0.227 e. The van der Waals surface area contributed by atoms with Gasteiger partial charge in [-0.1, -0.05) is 0 Å². The molecule has 0 unspecified atom stereocenters. The maximum absolute atomic E-state index is 12.0. The number of likely N-dealkylation sites (N-methyl/N-ethyl adjacent to an activating group) is 1. The van der Waals surface area contributed by atoms with Gasteiger partial charge in [-0.25, -0.2) is 13.4 Å². The lowest BCUT2D eigenvalue weighted by Crippen LogP contribution is -2.57. The zero-order valence-electron chi connectivity index (χ0n) is 15.3. The van der Waals surface area contributed by atoms with Gasteiger partial charge in [0.25, 0.3) is 0 Å². The molecule has 0 amide bonds. The summed E-state index contributed by atoms with van der Waals surface area (Å²) in [4.78, 5) is 15.9. The summed E-state index contributed by atoms with van der Waals surface area (Å²) in [5.74, 6) is 1.96. The van der Waals surface area contributed by atoms with Gasteiger partial charge in [-0.15, -0.1) is 0 Å². The quantitative estimate of drug-likeness (QED) is 0.738. The van der Waals surface area contributed by atoms with Gasteiger partial charge in [0, 0.05) is 45.5 Å². The fourth-order valence-electron chi connectivity index (χ4n) is 4.23. The fraction of sp³-hybridized carbons (Fsp3) is 0.765. The summed E-state index contributed by atoms with van der Waals surface area (Å²) in [7, 11) is -0.954. The molecule has 1 aromatic rings. The average molecular weight is 381 g/mol. The first-order valence-electron chi connectivity index (χ1n) is 9.49. The van der Waals surface area contributed by atoms with E-state index in [0.717, 1.165) is 32.0 Å². The van der Waals surface area contributed by atoms with E-state index in [0.29, 0.717) is 5.95 Å². The lowest BCUT2D eigenvalue weighted by Gasteiger charge is -2.38. The summed E-state index contributed by atoms with van der Waals surface area (Å²) >= 11 is 0. The van der Waals surface area contributed by atoms with Crippen molar-refractivity contribution in [2.75, 3.05) is 67.6 Å². The van der Waals surface area contributed by atoms with Crippen LogP contribution < -0.4 is 15.1 Å². The topological polar surface area (TPSA) is 81.7 Å². The van der Waals surface area contributed by atoms with Crippen molar-refractivity contribution in [1.82, 2.24) is 20.2 Å². The third-order valence-electron chi connectivity index (χ3n) is 5.70. The first kappa shape index (κ1) is 17.9. The van der Waals surface area contributed by atoms with Crippen LogP contribution in [0.5, 0.6) is 0 Å². The van der Waals surface area contributed by atoms with Crippen molar-refractivity contribution in [3.63, 3.8) is 0 Å². The molecule has 0 bridgehead atoms. The zero-order chi connectivity index (χ0) is 18.1. The highest BCUT2D eigenvalue weighted by atomic mass is 32.2. The van der Waals surface area contributed by atoms with Gasteiger partial charge in [0.15, 0.2) is 9.84 Å². The first-order valence-corrected chi connectivity index (χ1v) is 11.3. The number of nitrogens with zero attached hydrogens (tertiary/aromatic N) is 5. The number of nitrogens with one attached hydrogen (secondary N) is 1. The van der Waals surface area contributed by atoms with Gasteiger partial charge < -0.3 is 20.0 Å². The number of likely N-dealkylation sites (tertiary alicyclic amines) is 1. The molecule has 3 aliphatic rings. The van der Waals surface area contributed by atoms with Crippen molar-refractivity contribution in [1.29, 1.82) is 0 Å². The normalized spacial score (nSPS) is 28.3. The molecule has 1 aromatic heterocycles. The Morgan fingerprint density at radius 2 is 2.08 bits per heavy atom. The van der Waals surface area contributed by atoms with E-state index in [9.17, 15) is 8.42 Å². The van der Waals surface area contributed by atoms with Crippen LogP contribution in [0.15, 0.2) is 12.3 Å². The van der Waals surface area contributed by atoms with Crippen LogP contribution in [0.1, 0.15) is 12.8 Å². The van der Waals surface area contributed by atoms with Crippen LogP contribution in [0.25, 0.3) is 0 Å². The lowest BCUT2D eigenvalue weighted by atomic mass is 10.1. The zero-order valence-corrected chi connectivity index (χ0v) is 16.2. The molecule has 0 saturated carbocycles. The van der Waals surface area contributed by atoms with Crippen molar-refractivity contribution in [2.45, 2.75) is 24.9 Å². The molecule has 144 valence electrons. The number of sulfone groups is 1. The second-order valence-electron chi connectivity index (χ2n) is 7.58. The minimum Gasteiger partial charge on any atom is -0.350 e. The van der Waals surface area contributed by atoms with Crippen molar-refractivity contribution < 1.29 is 8.42 Å². The van der Waals surface area contributed by atoms with Gasteiger partial charge in [0.1, 0.15) is 5.82 Å². The third-order valence-corrected chi connectivity index (χ3v) is 7.41. The van der Waals surface area contributed by atoms with Crippen molar-refractivity contribution in [3.8, 4) is 0 Å². The van der Waals surface area contributed by atoms with Crippen LogP contribution in [0.3, 0.4) is 0 Å². The molecule has 8 nitrogen and oxygen atoms in total. The molecule has 2 atom stereocenters. The summed E-state index contributed by atoms with van der Waals surface area (Å²) in [5, 5.41) is 3.35. The first-order chi connectivity index (χ1) is 12.5. The van der Waals surface area contributed by atoms with Crippen LogP contribution >= 0.6 is 0 Å². The van der Waals surface area contributed by atoms with Crippen LogP contribution in [0.4, 0.5) is 11.8 Å². The maximum atomic E-state index is 12.0. The van der Waals surface area contributed by atoms with Crippen LogP contribution in [0, 0.1) is 0 Å². The van der Waals surface area contributed by atoms with Crippen LogP contribution in [-0.2, 0) is 9.84 Å². The van der Waals surface area contributed by atoms with E-state index in [4.69, 9.17) is 4.98 Å². The van der Waals surface area contributed by atoms with Gasteiger partial charge in [0.2, 0.25) is 5.95 Å². The van der Waals surface area contributed by atoms with E-state index in [1.807, 2.05) is 13.1 Å². The minimum absolute atomic E-state index is 0.0000569. The third kappa shape index (κ3) is 3.79.